The van der Waals surface area contributed by atoms with Crippen LogP contribution in [0.2, 0.25) is 5.02 Å². The van der Waals surface area contributed by atoms with Crippen LogP contribution in [0.15, 0.2) is 36.7 Å². The summed E-state index contributed by atoms with van der Waals surface area (Å²) in [4.78, 5) is 50.6. The van der Waals surface area contributed by atoms with Gasteiger partial charge in [-0.2, -0.15) is 0 Å². The molecule has 2 aliphatic heterocycles. The van der Waals surface area contributed by atoms with E-state index in [9.17, 15) is 14.4 Å². The maximum absolute atomic E-state index is 12.5. The van der Waals surface area contributed by atoms with Crippen LogP contribution in [0.1, 0.15) is 26.7 Å². The molecule has 9 nitrogen and oxygen atoms in total. The molecular weight excluding hydrogens is 434 g/mol. The molecule has 4 rings (SSSR count). The lowest BCUT2D eigenvalue weighted by Crippen LogP contribution is -2.49. The first-order chi connectivity index (χ1) is 15.2. The molecule has 168 valence electrons. The van der Waals surface area contributed by atoms with Gasteiger partial charge in [0.25, 0.3) is 0 Å². The highest BCUT2D eigenvalue weighted by molar-refractivity contribution is 6.30. The largest absolute Gasteiger partial charge is 0.416 e. The normalized spacial score (nSPS) is 18.7. The molecule has 0 bridgehead atoms. The molecule has 10 heteroatoms. The smallest absolute Gasteiger partial charge is 0.391 e. The summed E-state index contributed by atoms with van der Waals surface area (Å²) in [5.74, 6) is 0.402. The molecule has 2 aromatic heterocycles. The number of hydrogen-bond acceptors (Lipinski definition) is 7. The SMILES string of the molecule is CC1(C)CC(=O)N(c2ccc(OC(=O)N3CCN(c4ccc(Cl)cn4)CC3)nc2)C(=O)C1. The third kappa shape index (κ3) is 4.83. The summed E-state index contributed by atoms with van der Waals surface area (Å²) in [6, 6.07) is 6.68. The zero-order valence-corrected chi connectivity index (χ0v) is 18.7. The highest BCUT2D eigenvalue weighted by Gasteiger charge is 2.38. The number of carbonyl (C=O) groups is 3. The Morgan fingerprint density at radius 3 is 2.22 bits per heavy atom. The topological polar surface area (TPSA) is 95.9 Å². The molecule has 0 radical (unpaired) electrons. The first-order valence-electron chi connectivity index (χ1n) is 10.4. The van der Waals surface area contributed by atoms with E-state index >= 15 is 0 Å². The number of halogens is 1. The molecule has 32 heavy (non-hydrogen) atoms. The van der Waals surface area contributed by atoms with E-state index in [1.807, 2.05) is 19.9 Å². The van der Waals surface area contributed by atoms with Gasteiger partial charge in [0.05, 0.1) is 16.9 Å². The molecule has 0 spiro atoms. The molecule has 2 saturated heterocycles. The Hall–Kier alpha value is -3.20. The molecule has 2 fully saturated rings. The van der Waals surface area contributed by atoms with Crippen LogP contribution in [0.4, 0.5) is 16.3 Å². The summed E-state index contributed by atoms with van der Waals surface area (Å²) >= 11 is 5.88. The van der Waals surface area contributed by atoms with Gasteiger partial charge in [-0.3, -0.25) is 9.59 Å². The van der Waals surface area contributed by atoms with Gasteiger partial charge in [0.15, 0.2) is 0 Å². The monoisotopic (exact) mass is 457 g/mol. The number of rotatable bonds is 3. The van der Waals surface area contributed by atoms with Crippen molar-refractivity contribution in [1.29, 1.82) is 0 Å². The molecule has 0 unspecified atom stereocenters. The summed E-state index contributed by atoms with van der Waals surface area (Å²) in [5, 5.41) is 0.576. The first kappa shape index (κ1) is 22.0. The van der Waals surface area contributed by atoms with Crippen LogP contribution >= 0.6 is 11.6 Å². The number of nitrogens with zero attached hydrogens (tertiary/aromatic N) is 5. The van der Waals surface area contributed by atoms with Crippen molar-refractivity contribution in [3.05, 3.63) is 41.7 Å². The van der Waals surface area contributed by atoms with E-state index in [1.54, 1.807) is 23.2 Å². The molecule has 2 aliphatic rings. The lowest BCUT2D eigenvalue weighted by atomic mass is 9.81. The maximum Gasteiger partial charge on any atom is 0.416 e. The van der Waals surface area contributed by atoms with Crippen molar-refractivity contribution < 1.29 is 19.1 Å². The van der Waals surface area contributed by atoms with Crippen molar-refractivity contribution in [3.63, 3.8) is 0 Å². The van der Waals surface area contributed by atoms with Gasteiger partial charge in [-0.25, -0.2) is 19.7 Å². The number of carbonyl (C=O) groups excluding carboxylic acids is 3. The van der Waals surface area contributed by atoms with Crippen LogP contribution in [0.3, 0.4) is 0 Å². The Kier molecular flexibility index (Phi) is 6.01. The third-order valence-corrected chi connectivity index (χ3v) is 5.73. The zero-order valence-electron chi connectivity index (χ0n) is 18.0. The minimum absolute atomic E-state index is 0.109. The summed E-state index contributed by atoms with van der Waals surface area (Å²) < 4.78 is 5.38. The predicted octanol–water partition coefficient (Wildman–Crippen LogP) is 3.13. The highest BCUT2D eigenvalue weighted by Crippen LogP contribution is 2.34. The number of aromatic nitrogens is 2. The Morgan fingerprint density at radius 2 is 1.66 bits per heavy atom. The van der Waals surface area contributed by atoms with Gasteiger partial charge in [-0.05, 0) is 23.6 Å². The summed E-state index contributed by atoms with van der Waals surface area (Å²) in [7, 11) is 0. The van der Waals surface area contributed by atoms with Crippen LogP contribution in [0, 0.1) is 5.41 Å². The average molecular weight is 458 g/mol. The van der Waals surface area contributed by atoms with Crippen molar-refractivity contribution in [3.8, 4) is 5.88 Å². The van der Waals surface area contributed by atoms with E-state index in [2.05, 4.69) is 14.9 Å². The molecule has 0 atom stereocenters. The fraction of sp³-hybridized carbons (Fsp3) is 0.409. The fourth-order valence-corrected chi connectivity index (χ4v) is 3.97. The van der Waals surface area contributed by atoms with Gasteiger partial charge >= 0.3 is 6.09 Å². The Morgan fingerprint density at radius 1 is 0.969 bits per heavy atom. The second-order valence-electron chi connectivity index (χ2n) is 8.67. The van der Waals surface area contributed by atoms with Crippen molar-refractivity contribution in [1.82, 2.24) is 14.9 Å². The molecule has 3 amide bonds. The fourth-order valence-electron chi connectivity index (χ4n) is 3.86. The van der Waals surface area contributed by atoms with Gasteiger partial charge in [0.2, 0.25) is 17.7 Å². The molecule has 0 N–H and O–H groups in total. The van der Waals surface area contributed by atoms with E-state index in [-0.39, 0.29) is 36.0 Å². The number of imide groups is 1. The Labute approximate surface area is 190 Å². The van der Waals surface area contributed by atoms with Crippen LogP contribution in [0.25, 0.3) is 0 Å². The third-order valence-electron chi connectivity index (χ3n) is 5.50. The quantitative estimate of drug-likeness (QED) is 0.653. The number of piperidine rings is 1. The lowest BCUT2D eigenvalue weighted by Gasteiger charge is -2.35. The van der Waals surface area contributed by atoms with Crippen LogP contribution in [0.5, 0.6) is 5.88 Å². The Balaban J connectivity index is 1.33. The second-order valence-corrected chi connectivity index (χ2v) is 9.11. The van der Waals surface area contributed by atoms with E-state index in [4.69, 9.17) is 16.3 Å². The van der Waals surface area contributed by atoms with Gasteiger partial charge in [0.1, 0.15) is 5.82 Å². The highest BCUT2D eigenvalue weighted by atomic mass is 35.5. The van der Waals surface area contributed by atoms with Crippen LogP contribution in [-0.2, 0) is 9.59 Å². The van der Waals surface area contributed by atoms with Gasteiger partial charge in [-0.1, -0.05) is 25.4 Å². The summed E-state index contributed by atoms with van der Waals surface area (Å²) in [6.45, 7) is 5.98. The van der Waals surface area contributed by atoms with E-state index < -0.39 is 6.09 Å². The average Bonchev–Trinajstić information content (AvgIpc) is 2.74. The van der Waals surface area contributed by atoms with E-state index in [0.29, 0.717) is 36.9 Å². The van der Waals surface area contributed by atoms with Crippen molar-refractivity contribution in [2.45, 2.75) is 26.7 Å². The van der Waals surface area contributed by atoms with Crippen molar-refractivity contribution in [2.75, 3.05) is 36.0 Å². The lowest BCUT2D eigenvalue weighted by molar-refractivity contribution is -0.132. The first-order valence-corrected chi connectivity index (χ1v) is 10.7. The Bertz CT molecular complexity index is 998. The minimum Gasteiger partial charge on any atom is -0.391 e. The molecule has 0 aliphatic carbocycles. The van der Waals surface area contributed by atoms with Crippen LogP contribution in [-0.4, -0.2) is 59.0 Å². The number of pyridine rings is 2. The molecule has 0 aromatic carbocycles. The van der Waals surface area contributed by atoms with Crippen molar-refractivity contribution >= 4 is 41.0 Å². The van der Waals surface area contributed by atoms with Gasteiger partial charge < -0.3 is 14.5 Å². The van der Waals surface area contributed by atoms with E-state index in [1.165, 1.54) is 12.3 Å². The number of piperazine rings is 1. The number of ether oxygens (including phenoxy) is 1. The van der Waals surface area contributed by atoms with Gasteiger partial charge in [-0.15, -0.1) is 0 Å². The number of anilines is 2. The maximum atomic E-state index is 12.5. The number of amides is 3. The summed E-state index contributed by atoms with van der Waals surface area (Å²) in [6.07, 6.45) is 3.04. The number of hydrogen-bond donors (Lipinski definition) is 0. The van der Waals surface area contributed by atoms with E-state index in [0.717, 1.165) is 10.7 Å². The van der Waals surface area contributed by atoms with Gasteiger partial charge in [0, 0.05) is 51.3 Å². The van der Waals surface area contributed by atoms with Crippen molar-refractivity contribution in [2.24, 2.45) is 5.41 Å². The second kappa shape index (κ2) is 8.74. The predicted molar refractivity (Wildman–Crippen MR) is 119 cm³/mol. The summed E-state index contributed by atoms with van der Waals surface area (Å²) in [5.41, 5.74) is 0.0284. The molecule has 4 heterocycles. The molecule has 2 aromatic rings. The minimum atomic E-state index is -0.499. The zero-order chi connectivity index (χ0) is 22.9. The van der Waals surface area contributed by atoms with Crippen LogP contribution < -0.4 is 14.5 Å². The standard InChI is InChI=1S/C22H24ClN5O4/c1-22(2)11-19(29)28(20(30)12-22)16-4-6-18(25-14-16)32-21(31)27-9-7-26(8-10-27)17-5-3-15(23)13-24-17/h3-6,13-14H,7-12H2,1-2H3. The molecular formula is C22H24ClN5O4. The molecule has 0 saturated carbocycles.